The van der Waals surface area contributed by atoms with Crippen LogP contribution in [0.3, 0.4) is 0 Å². The van der Waals surface area contributed by atoms with Gasteiger partial charge < -0.3 is 10.2 Å². The number of rotatable bonds is 6. The molecule has 31 heavy (non-hydrogen) atoms. The van der Waals surface area contributed by atoms with Gasteiger partial charge in [-0.2, -0.15) is 0 Å². The molecule has 2 aromatic carbocycles. The van der Waals surface area contributed by atoms with Gasteiger partial charge in [-0.25, -0.2) is 4.39 Å². The predicted octanol–water partition coefficient (Wildman–Crippen LogP) is 4.84. The highest BCUT2D eigenvalue weighted by Gasteiger charge is 2.46. The van der Waals surface area contributed by atoms with Crippen molar-refractivity contribution in [2.24, 2.45) is 0 Å². The molecule has 1 N–H and O–H groups in total. The minimum absolute atomic E-state index is 0.0761. The van der Waals surface area contributed by atoms with Crippen LogP contribution in [0.4, 0.5) is 4.39 Å². The van der Waals surface area contributed by atoms with E-state index >= 15 is 0 Å². The van der Waals surface area contributed by atoms with Gasteiger partial charge in [-0.15, -0.1) is 0 Å². The Morgan fingerprint density at radius 1 is 0.968 bits per heavy atom. The molecule has 1 unspecified atom stereocenters. The molecule has 1 saturated carbocycles. The summed E-state index contributed by atoms with van der Waals surface area (Å²) in [6.45, 7) is 1.31. The van der Waals surface area contributed by atoms with Gasteiger partial charge in [0.1, 0.15) is 5.82 Å². The summed E-state index contributed by atoms with van der Waals surface area (Å²) in [7, 11) is 0. The first-order chi connectivity index (χ1) is 15.1. The molecular weight excluding hydrogens is 391 g/mol. The van der Waals surface area contributed by atoms with Crippen molar-refractivity contribution in [1.29, 1.82) is 0 Å². The number of hydrogen-bond acceptors (Lipinski definition) is 2. The smallest absolute Gasteiger partial charge is 0.251 e. The number of nitrogens with one attached hydrogen (secondary N) is 1. The van der Waals surface area contributed by atoms with Crippen LogP contribution in [-0.4, -0.2) is 35.8 Å². The van der Waals surface area contributed by atoms with E-state index in [1.54, 1.807) is 24.3 Å². The van der Waals surface area contributed by atoms with Gasteiger partial charge in [0.15, 0.2) is 0 Å². The number of nitrogens with zero attached hydrogens (tertiary/aromatic N) is 1. The highest BCUT2D eigenvalue weighted by molar-refractivity contribution is 5.94. The van der Waals surface area contributed by atoms with Crippen molar-refractivity contribution in [1.82, 2.24) is 10.2 Å². The van der Waals surface area contributed by atoms with Crippen LogP contribution >= 0.6 is 0 Å². The third kappa shape index (κ3) is 4.65. The van der Waals surface area contributed by atoms with E-state index in [1.807, 2.05) is 18.2 Å². The van der Waals surface area contributed by atoms with Crippen LogP contribution in [0.5, 0.6) is 0 Å². The van der Waals surface area contributed by atoms with Crippen molar-refractivity contribution in [2.45, 2.75) is 62.8 Å². The molecule has 0 aromatic heterocycles. The SMILES string of the molecule is O=C(NCCC1CCCCN1C(=O)C1(c2ccc(F)cc2)CCCC1)c1ccccc1. The average Bonchev–Trinajstić information content (AvgIpc) is 3.31. The topological polar surface area (TPSA) is 49.4 Å². The van der Waals surface area contributed by atoms with Crippen molar-refractivity contribution in [3.05, 3.63) is 71.5 Å². The van der Waals surface area contributed by atoms with E-state index in [-0.39, 0.29) is 23.7 Å². The zero-order valence-corrected chi connectivity index (χ0v) is 18.0. The maximum absolute atomic E-state index is 13.9. The Labute approximate surface area is 183 Å². The maximum atomic E-state index is 13.9. The lowest BCUT2D eigenvalue weighted by Gasteiger charge is -2.42. The molecule has 2 aliphatic rings. The lowest BCUT2D eigenvalue weighted by atomic mass is 9.76. The fraction of sp³-hybridized carbons (Fsp3) is 0.462. The van der Waals surface area contributed by atoms with Crippen LogP contribution in [0.25, 0.3) is 0 Å². The van der Waals surface area contributed by atoms with Gasteiger partial charge in [0, 0.05) is 24.7 Å². The molecule has 164 valence electrons. The number of amides is 2. The quantitative estimate of drug-likeness (QED) is 0.724. The monoisotopic (exact) mass is 422 g/mol. The van der Waals surface area contributed by atoms with Gasteiger partial charge in [0.2, 0.25) is 5.91 Å². The minimum Gasteiger partial charge on any atom is -0.352 e. The van der Waals surface area contributed by atoms with Gasteiger partial charge in [-0.05, 0) is 68.4 Å². The summed E-state index contributed by atoms with van der Waals surface area (Å²) in [6.07, 6.45) is 7.53. The lowest BCUT2D eigenvalue weighted by molar-refractivity contribution is -0.141. The summed E-state index contributed by atoms with van der Waals surface area (Å²) in [5.41, 5.74) is 1.06. The van der Waals surface area contributed by atoms with Gasteiger partial charge in [0.05, 0.1) is 5.41 Å². The van der Waals surface area contributed by atoms with Gasteiger partial charge in [-0.1, -0.05) is 43.2 Å². The highest BCUT2D eigenvalue weighted by atomic mass is 19.1. The molecule has 4 nitrogen and oxygen atoms in total. The number of likely N-dealkylation sites (tertiary alicyclic amines) is 1. The molecule has 1 aliphatic heterocycles. The first kappa shape index (κ1) is 21.5. The summed E-state index contributed by atoms with van der Waals surface area (Å²) >= 11 is 0. The Hall–Kier alpha value is -2.69. The van der Waals surface area contributed by atoms with Crippen molar-refractivity contribution in [3.8, 4) is 0 Å². The van der Waals surface area contributed by atoms with E-state index in [0.29, 0.717) is 12.1 Å². The summed E-state index contributed by atoms with van der Waals surface area (Å²) in [6, 6.07) is 15.9. The molecule has 4 rings (SSSR count). The van der Waals surface area contributed by atoms with E-state index in [2.05, 4.69) is 10.2 Å². The molecule has 1 aliphatic carbocycles. The summed E-state index contributed by atoms with van der Waals surface area (Å²) in [4.78, 5) is 28.3. The number of halogens is 1. The standard InChI is InChI=1S/C26H31FN2O2/c27-22-13-11-21(12-14-22)26(16-5-6-17-26)25(31)29-19-7-4-10-23(29)15-18-28-24(30)20-8-2-1-3-9-20/h1-3,8-9,11-14,23H,4-7,10,15-19H2,(H,28,30). The molecule has 2 fully saturated rings. The molecule has 1 heterocycles. The first-order valence-corrected chi connectivity index (χ1v) is 11.5. The van der Waals surface area contributed by atoms with E-state index in [0.717, 1.165) is 63.5 Å². The molecule has 1 saturated heterocycles. The largest absolute Gasteiger partial charge is 0.352 e. The predicted molar refractivity (Wildman–Crippen MR) is 119 cm³/mol. The zero-order chi connectivity index (χ0) is 21.7. The van der Waals surface area contributed by atoms with E-state index < -0.39 is 5.41 Å². The molecule has 2 amide bonds. The van der Waals surface area contributed by atoms with Crippen molar-refractivity contribution in [2.75, 3.05) is 13.1 Å². The van der Waals surface area contributed by atoms with E-state index in [9.17, 15) is 14.0 Å². The Morgan fingerprint density at radius 2 is 1.68 bits per heavy atom. The fourth-order valence-electron chi connectivity index (χ4n) is 5.26. The van der Waals surface area contributed by atoms with Gasteiger partial charge in [0.25, 0.3) is 5.91 Å². The third-order valence-corrected chi connectivity index (χ3v) is 6.95. The zero-order valence-electron chi connectivity index (χ0n) is 18.0. The third-order valence-electron chi connectivity index (χ3n) is 6.95. The molecule has 0 spiro atoms. The Bertz CT molecular complexity index is 891. The minimum atomic E-state index is -0.531. The second-order valence-corrected chi connectivity index (χ2v) is 8.85. The number of carbonyl (C=O) groups is 2. The first-order valence-electron chi connectivity index (χ1n) is 11.5. The van der Waals surface area contributed by atoms with Crippen LogP contribution in [0.1, 0.15) is 67.3 Å². The molecule has 0 bridgehead atoms. The lowest BCUT2D eigenvalue weighted by Crippen LogP contribution is -2.52. The van der Waals surface area contributed by atoms with Crippen LogP contribution in [0, 0.1) is 5.82 Å². The van der Waals surface area contributed by atoms with Crippen molar-refractivity contribution in [3.63, 3.8) is 0 Å². The number of piperidine rings is 1. The molecule has 0 radical (unpaired) electrons. The summed E-state index contributed by atoms with van der Waals surface area (Å²) < 4.78 is 13.5. The summed E-state index contributed by atoms with van der Waals surface area (Å²) in [5, 5.41) is 3.00. The average molecular weight is 423 g/mol. The van der Waals surface area contributed by atoms with E-state index in [4.69, 9.17) is 0 Å². The number of benzene rings is 2. The Kier molecular flexibility index (Phi) is 6.69. The molecule has 1 atom stereocenters. The van der Waals surface area contributed by atoms with Crippen LogP contribution in [0.15, 0.2) is 54.6 Å². The van der Waals surface area contributed by atoms with Crippen molar-refractivity contribution >= 4 is 11.8 Å². The Morgan fingerprint density at radius 3 is 2.39 bits per heavy atom. The van der Waals surface area contributed by atoms with Crippen LogP contribution < -0.4 is 5.32 Å². The number of carbonyl (C=O) groups excluding carboxylic acids is 2. The second-order valence-electron chi connectivity index (χ2n) is 8.85. The van der Waals surface area contributed by atoms with Crippen molar-refractivity contribution < 1.29 is 14.0 Å². The molecular formula is C26H31FN2O2. The highest BCUT2D eigenvalue weighted by Crippen LogP contribution is 2.43. The maximum Gasteiger partial charge on any atom is 0.251 e. The molecule has 5 heteroatoms. The van der Waals surface area contributed by atoms with Crippen LogP contribution in [-0.2, 0) is 10.2 Å². The van der Waals surface area contributed by atoms with Crippen LogP contribution in [0.2, 0.25) is 0 Å². The second kappa shape index (κ2) is 9.63. The number of hydrogen-bond donors (Lipinski definition) is 1. The van der Waals surface area contributed by atoms with Gasteiger partial charge in [-0.3, -0.25) is 9.59 Å². The fourth-order valence-corrected chi connectivity index (χ4v) is 5.26. The van der Waals surface area contributed by atoms with Gasteiger partial charge >= 0.3 is 0 Å². The van der Waals surface area contributed by atoms with E-state index in [1.165, 1.54) is 12.1 Å². The molecule has 2 aromatic rings. The Balaban J connectivity index is 1.45. The summed E-state index contributed by atoms with van der Waals surface area (Å²) in [5.74, 6) is -0.155. The normalized spacial score (nSPS) is 20.4.